The van der Waals surface area contributed by atoms with Gasteiger partial charge in [0.1, 0.15) is 5.03 Å². The second kappa shape index (κ2) is 6.67. The highest BCUT2D eigenvalue weighted by Crippen LogP contribution is 2.28. The molecule has 0 amide bonds. The minimum atomic E-state index is 0.710. The van der Waals surface area contributed by atoms with Crippen LogP contribution >= 0.6 is 23.4 Å². The Kier molecular flexibility index (Phi) is 4.24. The molecule has 0 fully saturated rings. The summed E-state index contributed by atoms with van der Waals surface area (Å²) in [6, 6.07) is 20.2. The molecule has 0 radical (unpaired) electrons. The van der Waals surface area contributed by atoms with Crippen molar-refractivity contribution in [1.82, 2.24) is 14.6 Å². The highest BCUT2D eigenvalue weighted by Gasteiger charge is 2.10. The lowest BCUT2D eigenvalue weighted by Crippen LogP contribution is -1.91. The molecule has 118 valence electrons. The predicted molar refractivity (Wildman–Crippen MR) is 99.4 cm³/mol. The van der Waals surface area contributed by atoms with E-state index in [-0.39, 0.29) is 0 Å². The van der Waals surface area contributed by atoms with Crippen LogP contribution in [-0.2, 0) is 5.75 Å². The number of hydrogen-bond acceptors (Lipinski definition) is 3. The smallest absolute Gasteiger partial charge is 0.122 e. The Labute approximate surface area is 149 Å². The Balaban J connectivity index is 1.67. The molecular weight excluding hydrogens is 338 g/mol. The van der Waals surface area contributed by atoms with Crippen molar-refractivity contribution in [1.29, 1.82) is 0 Å². The molecule has 0 bridgehead atoms. The van der Waals surface area contributed by atoms with E-state index in [0.29, 0.717) is 5.02 Å². The van der Waals surface area contributed by atoms with Crippen molar-refractivity contribution in [2.75, 3.05) is 0 Å². The van der Waals surface area contributed by atoms with Gasteiger partial charge in [-0.1, -0.05) is 65.8 Å². The van der Waals surface area contributed by atoms with Gasteiger partial charge in [0.05, 0.1) is 11.2 Å². The van der Waals surface area contributed by atoms with E-state index in [0.717, 1.165) is 27.6 Å². The molecule has 0 unspecified atom stereocenters. The van der Waals surface area contributed by atoms with Crippen molar-refractivity contribution in [3.8, 4) is 11.3 Å². The van der Waals surface area contributed by atoms with E-state index in [9.17, 15) is 0 Å². The monoisotopic (exact) mass is 351 g/mol. The van der Waals surface area contributed by atoms with Gasteiger partial charge in [0.25, 0.3) is 0 Å². The maximum absolute atomic E-state index is 6.09. The van der Waals surface area contributed by atoms with Crippen molar-refractivity contribution in [3.05, 3.63) is 83.6 Å². The lowest BCUT2D eigenvalue weighted by Gasteiger charge is -2.02. The van der Waals surface area contributed by atoms with Crippen LogP contribution < -0.4 is 0 Å². The highest BCUT2D eigenvalue weighted by molar-refractivity contribution is 7.98. The van der Waals surface area contributed by atoms with Gasteiger partial charge in [0.2, 0.25) is 0 Å². The number of halogens is 1. The summed E-state index contributed by atoms with van der Waals surface area (Å²) in [6.07, 6.45) is 3.66. The number of fused-ring (bicyclic) bond motifs is 1. The van der Waals surface area contributed by atoms with Crippen LogP contribution in [-0.4, -0.2) is 14.6 Å². The molecule has 2 aromatic carbocycles. The molecule has 0 saturated carbocycles. The Hall–Kier alpha value is -2.30. The van der Waals surface area contributed by atoms with Crippen molar-refractivity contribution >= 4 is 28.9 Å². The van der Waals surface area contributed by atoms with Crippen molar-refractivity contribution < 1.29 is 0 Å². The lowest BCUT2D eigenvalue weighted by atomic mass is 10.1. The molecule has 5 heteroatoms. The van der Waals surface area contributed by atoms with Gasteiger partial charge >= 0.3 is 0 Å². The summed E-state index contributed by atoms with van der Waals surface area (Å²) >= 11 is 7.81. The maximum Gasteiger partial charge on any atom is 0.122 e. The number of thioether (sulfide) groups is 1. The van der Waals surface area contributed by atoms with Crippen LogP contribution in [0, 0.1) is 0 Å². The molecule has 0 atom stereocenters. The molecule has 0 N–H and O–H groups in total. The molecule has 4 aromatic rings. The first-order chi connectivity index (χ1) is 11.8. The Morgan fingerprint density at radius 2 is 1.88 bits per heavy atom. The molecule has 0 aliphatic heterocycles. The molecule has 3 nitrogen and oxygen atoms in total. The molecule has 0 saturated heterocycles. The van der Waals surface area contributed by atoms with Gasteiger partial charge in [-0.3, -0.25) is 0 Å². The van der Waals surface area contributed by atoms with E-state index in [4.69, 9.17) is 11.6 Å². The Morgan fingerprint density at radius 3 is 2.71 bits per heavy atom. The second-order valence-electron chi connectivity index (χ2n) is 5.38. The zero-order valence-corrected chi connectivity index (χ0v) is 14.3. The van der Waals surface area contributed by atoms with E-state index in [1.54, 1.807) is 18.0 Å². The van der Waals surface area contributed by atoms with E-state index < -0.39 is 0 Å². The zero-order valence-electron chi connectivity index (χ0n) is 12.8. The summed E-state index contributed by atoms with van der Waals surface area (Å²) in [5, 5.41) is 6.33. The molecule has 0 spiro atoms. The fraction of sp³-hybridized carbons (Fsp3) is 0.0526. The molecular formula is C19H14ClN3S. The normalized spacial score (nSPS) is 11.0. The van der Waals surface area contributed by atoms with E-state index >= 15 is 0 Å². The fourth-order valence-corrected chi connectivity index (χ4v) is 3.65. The summed E-state index contributed by atoms with van der Waals surface area (Å²) in [5.41, 5.74) is 4.19. The van der Waals surface area contributed by atoms with Gasteiger partial charge in [-0.2, -0.15) is 5.10 Å². The largest absolute Gasteiger partial charge is 0.246 e. The summed E-state index contributed by atoms with van der Waals surface area (Å²) in [5.74, 6) is 0.880. The molecule has 0 aliphatic rings. The molecule has 2 heterocycles. The summed E-state index contributed by atoms with van der Waals surface area (Å²) < 4.78 is 1.87. The van der Waals surface area contributed by atoms with Gasteiger partial charge in [0, 0.05) is 28.7 Å². The van der Waals surface area contributed by atoms with E-state index in [1.807, 2.05) is 41.0 Å². The van der Waals surface area contributed by atoms with Gasteiger partial charge in [-0.25, -0.2) is 9.50 Å². The van der Waals surface area contributed by atoms with Crippen LogP contribution in [0.4, 0.5) is 0 Å². The summed E-state index contributed by atoms with van der Waals surface area (Å²) in [4.78, 5) is 4.52. The SMILES string of the molecule is Clc1cccc(-c2cc3c(SCc4ccccc4)nccn3n2)c1. The molecule has 2 aromatic heterocycles. The van der Waals surface area contributed by atoms with Crippen LogP contribution in [0.5, 0.6) is 0 Å². The van der Waals surface area contributed by atoms with Crippen molar-refractivity contribution in [2.24, 2.45) is 0 Å². The summed E-state index contributed by atoms with van der Waals surface area (Å²) in [6.45, 7) is 0. The van der Waals surface area contributed by atoms with Crippen molar-refractivity contribution in [2.45, 2.75) is 10.8 Å². The summed E-state index contributed by atoms with van der Waals surface area (Å²) in [7, 11) is 0. The van der Waals surface area contributed by atoms with Crippen LogP contribution in [0.3, 0.4) is 0 Å². The zero-order chi connectivity index (χ0) is 16.4. The average Bonchev–Trinajstić information content (AvgIpc) is 3.06. The molecule has 4 rings (SSSR count). The van der Waals surface area contributed by atoms with Gasteiger partial charge in [-0.15, -0.1) is 0 Å². The quantitative estimate of drug-likeness (QED) is 0.465. The Morgan fingerprint density at radius 1 is 1.00 bits per heavy atom. The highest BCUT2D eigenvalue weighted by atomic mass is 35.5. The first kappa shape index (κ1) is 15.2. The van der Waals surface area contributed by atoms with Gasteiger partial charge < -0.3 is 0 Å². The average molecular weight is 352 g/mol. The van der Waals surface area contributed by atoms with Crippen LogP contribution in [0.25, 0.3) is 16.8 Å². The standard InChI is InChI=1S/C19H14ClN3S/c20-16-8-4-7-15(11-16)17-12-18-19(21-9-10-23(18)22-17)24-13-14-5-2-1-3-6-14/h1-12H,13H2. The van der Waals surface area contributed by atoms with E-state index in [2.05, 4.69) is 40.4 Å². The fourth-order valence-electron chi connectivity index (χ4n) is 2.52. The number of hydrogen-bond donors (Lipinski definition) is 0. The number of rotatable bonds is 4. The van der Waals surface area contributed by atoms with Crippen molar-refractivity contribution in [3.63, 3.8) is 0 Å². The number of benzene rings is 2. The van der Waals surface area contributed by atoms with Crippen LogP contribution in [0.15, 0.2) is 78.1 Å². The molecule has 0 aliphatic carbocycles. The lowest BCUT2D eigenvalue weighted by molar-refractivity contribution is 0.920. The van der Waals surface area contributed by atoms with Gasteiger partial charge in [0.15, 0.2) is 0 Å². The second-order valence-corrected chi connectivity index (χ2v) is 6.78. The third-order valence-electron chi connectivity index (χ3n) is 3.69. The van der Waals surface area contributed by atoms with Crippen LogP contribution in [0.1, 0.15) is 5.56 Å². The number of aromatic nitrogens is 3. The Bertz CT molecular complexity index is 982. The third-order valence-corrected chi connectivity index (χ3v) is 4.99. The number of nitrogens with zero attached hydrogens (tertiary/aromatic N) is 3. The maximum atomic E-state index is 6.09. The topological polar surface area (TPSA) is 30.2 Å². The molecule has 24 heavy (non-hydrogen) atoms. The first-order valence-electron chi connectivity index (χ1n) is 7.57. The third kappa shape index (κ3) is 3.16. The minimum Gasteiger partial charge on any atom is -0.246 e. The van der Waals surface area contributed by atoms with Crippen LogP contribution in [0.2, 0.25) is 5.02 Å². The first-order valence-corrected chi connectivity index (χ1v) is 8.93. The minimum absolute atomic E-state index is 0.710. The van der Waals surface area contributed by atoms with E-state index in [1.165, 1.54) is 5.56 Å². The van der Waals surface area contributed by atoms with Gasteiger partial charge in [-0.05, 0) is 23.8 Å². The predicted octanol–water partition coefficient (Wildman–Crippen LogP) is 5.34.